The number of ether oxygens (including phenoxy) is 3. The molecule has 180 valence electrons. The van der Waals surface area contributed by atoms with Gasteiger partial charge in [0.05, 0.1) is 21.3 Å². The first kappa shape index (κ1) is 25.7. The molecule has 1 saturated heterocycles. The molecular weight excluding hydrogens is 430 g/mol. The molecule has 0 spiro atoms. The second-order valence-corrected chi connectivity index (χ2v) is 7.26. The highest BCUT2D eigenvalue weighted by Gasteiger charge is 2.18. The molecule has 0 amide bonds. The number of nitrogens with zero attached hydrogens (tertiary/aromatic N) is 3. The quantitative estimate of drug-likeness (QED) is 0.565. The number of pyridine rings is 1. The molecule has 1 aliphatic rings. The Morgan fingerprint density at radius 3 is 2.00 bits per heavy atom. The van der Waals surface area contributed by atoms with Crippen LogP contribution in [-0.2, 0) is 16.0 Å². The molecule has 2 N–H and O–H groups in total. The highest BCUT2D eigenvalue weighted by atomic mass is 16.5. The number of aryl methyl sites for hydroxylation is 1. The Balaban J connectivity index is 0.000000569. The van der Waals surface area contributed by atoms with E-state index in [0.717, 1.165) is 62.9 Å². The average molecular weight is 462 g/mol. The number of aromatic nitrogens is 1. The summed E-state index contributed by atoms with van der Waals surface area (Å²) >= 11 is 0. The zero-order valence-electron chi connectivity index (χ0n) is 19.2. The number of hydrogen-bond donors (Lipinski definition) is 2. The predicted octanol–water partition coefficient (Wildman–Crippen LogP) is 2.02. The van der Waals surface area contributed by atoms with Crippen molar-refractivity contribution in [2.75, 3.05) is 59.0 Å². The van der Waals surface area contributed by atoms with Crippen LogP contribution in [0.2, 0.25) is 0 Å². The molecule has 0 bridgehead atoms. The van der Waals surface area contributed by atoms with Gasteiger partial charge in [-0.1, -0.05) is 6.07 Å². The van der Waals surface area contributed by atoms with E-state index in [4.69, 9.17) is 34.0 Å². The SMILES string of the molecule is COc1cc(CCCN2CCN(c3ccccn3)CC2)cc(OC)c1OC.O=C(O)C(=O)O. The maximum atomic E-state index is 9.10. The minimum atomic E-state index is -1.82. The summed E-state index contributed by atoms with van der Waals surface area (Å²) in [5.41, 5.74) is 1.21. The van der Waals surface area contributed by atoms with Gasteiger partial charge >= 0.3 is 11.9 Å². The van der Waals surface area contributed by atoms with Crippen molar-refractivity contribution in [2.45, 2.75) is 12.8 Å². The third-order valence-electron chi connectivity index (χ3n) is 5.19. The van der Waals surface area contributed by atoms with Gasteiger partial charge in [0.1, 0.15) is 5.82 Å². The summed E-state index contributed by atoms with van der Waals surface area (Å²) in [4.78, 5) is 27.5. The maximum absolute atomic E-state index is 9.10. The molecule has 10 heteroatoms. The van der Waals surface area contributed by atoms with E-state index in [9.17, 15) is 0 Å². The van der Waals surface area contributed by atoms with Crippen molar-refractivity contribution in [3.05, 3.63) is 42.1 Å². The third kappa shape index (κ3) is 7.83. The number of carbonyl (C=O) groups is 2. The number of aliphatic carboxylic acids is 2. The Labute approximate surface area is 193 Å². The summed E-state index contributed by atoms with van der Waals surface area (Å²) in [6, 6.07) is 10.2. The molecule has 1 aromatic heterocycles. The summed E-state index contributed by atoms with van der Waals surface area (Å²) in [6.45, 7) is 5.30. The zero-order chi connectivity index (χ0) is 24.2. The van der Waals surface area contributed by atoms with Gasteiger partial charge in [-0.3, -0.25) is 4.90 Å². The number of piperazine rings is 1. The van der Waals surface area contributed by atoms with Crippen molar-refractivity contribution >= 4 is 17.8 Å². The molecule has 0 unspecified atom stereocenters. The topological polar surface area (TPSA) is 122 Å². The summed E-state index contributed by atoms with van der Waals surface area (Å²) in [6.07, 6.45) is 3.94. The summed E-state index contributed by atoms with van der Waals surface area (Å²) in [5, 5.41) is 14.8. The van der Waals surface area contributed by atoms with Crippen LogP contribution < -0.4 is 19.1 Å². The first-order valence-corrected chi connectivity index (χ1v) is 10.5. The summed E-state index contributed by atoms with van der Waals surface area (Å²) in [5.74, 6) is -0.486. The van der Waals surface area contributed by atoms with Crippen molar-refractivity contribution in [3.63, 3.8) is 0 Å². The van der Waals surface area contributed by atoms with Crippen LogP contribution in [0.4, 0.5) is 5.82 Å². The molecule has 3 rings (SSSR count). The fourth-order valence-electron chi connectivity index (χ4n) is 3.53. The number of rotatable bonds is 8. The van der Waals surface area contributed by atoms with E-state index in [1.807, 2.05) is 30.5 Å². The lowest BCUT2D eigenvalue weighted by Gasteiger charge is -2.35. The maximum Gasteiger partial charge on any atom is 0.414 e. The molecule has 33 heavy (non-hydrogen) atoms. The number of carboxylic acids is 2. The van der Waals surface area contributed by atoms with E-state index in [1.165, 1.54) is 5.56 Å². The molecule has 0 radical (unpaired) electrons. The fraction of sp³-hybridized carbons (Fsp3) is 0.435. The van der Waals surface area contributed by atoms with E-state index >= 15 is 0 Å². The van der Waals surface area contributed by atoms with E-state index in [1.54, 1.807) is 21.3 Å². The molecule has 2 heterocycles. The average Bonchev–Trinajstić information content (AvgIpc) is 2.84. The van der Waals surface area contributed by atoms with Crippen molar-refractivity contribution in [1.29, 1.82) is 0 Å². The fourth-order valence-corrected chi connectivity index (χ4v) is 3.53. The van der Waals surface area contributed by atoms with E-state index < -0.39 is 11.9 Å². The lowest BCUT2D eigenvalue weighted by Crippen LogP contribution is -2.46. The third-order valence-corrected chi connectivity index (χ3v) is 5.19. The van der Waals surface area contributed by atoms with E-state index in [0.29, 0.717) is 5.75 Å². The monoisotopic (exact) mass is 461 g/mol. The Hall–Kier alpha value is -3.53. The van der Waals surface area contributed by atoms with Crippen molar-refractivity contribution in [2.24, 2.45) is 0 Å². The van der Waals surface area contributed by atoms with Crippen molar-refractivity contribution < 1.29 is 34.0 Å². The largest absolute Gasteiger partial charge is 0.493 e. The van der Waals surface area contributed by atoms with Crippen molar-refractivity contribution in [3.8, 4) is 17.2 Å². The van der Waals surface area contributed by atoms with Gasteiger partial charge in [0, 0.05) is 32.4 Å². The Bertz CT molecular complexity index is 863. The van der Waals surface area contributed by atoms with Crippen LogP contribution in [0, 0.1) is 0 Å². The van der Waals surface area contributed by atoms with Gasteiger partial charge in [0.15, 0.2) is 11.5 Å². The molecule has 2 aromatic rings. The van der Waals surface area contributed by atoms with Crippen LogP contribution in [0.15, 0.2) is 36.5 Å². The predicted molar refractivity (Wildman–Crippen MR) is 123 cm³/mol. The van der Waals surface area contributed by atoms with Gasteiger partial charge < -0.3 is 29.3 Å². The highest BCUT2D eigenvalue weighted by Crippen LogP contribution is 2.38. The number of benzene rings is 1. The van der Waals surface area contributed by atoms with Crippen LogP contribution in [0.25, 0.3) is 0 Å². The smallest absolute Gasteiger partial charge is 0.414 e. The molecule has 0 saturated carbocycles. The van der Waals surface area contributed by atoms with Gasteiger partial charge in [-0.2, -0.15) is 0 Å². The van der Waals surface area contributed by atoms with Crippen LogP contribution >= 0.6 is 0 Å². The molecule has 1 aromatic carbocycles. The lowest BCUT2D eigenvalue weighted by molar-refractivity contribution is -0.159. The first-order valence-electron chi connectivity index (χ1n) is 10.5. The summed E-state index contributed by atoms with van der Waals surface area (Å²) in [7, 11) is 4.94. The number of carboxylic acid groups (broad SMARTS) is 2. The summed E-state index contributed by atoms with van der Waals surface area (Å²) < 4.78 is 16.3. The number of anilines is 1. The molecule has 0 atom stereocenters. The first-order chi connectivity index (χ1) is 15.9. The highest BCUT2D eigenvalue weighted by molar-refractivity contribution is 6.27. The minimum Gasteiger partial charge on any atom is -0.493 e. The normalized spacial score (nSPS) is 13.5. The van der Waals surface area contributed by atoms with Gasteiger partial charge in [-0.15, -0.1) is 0 Å². The van der Waals surface area contributed by atoms with Gasteiger partial charge in [-0.25, -0.2) is 14.6 Å². The van der Waals surface area contributed by atoms with Gasteiger partial charge in [-0.05, 0) is 49.2 Å². The Kier molecular flexibility index (Phi) is 10.2. The Morgan fingerprint density at radius 1 is 0.939 bits per heavy atom. The van der Waals surface area contributed by atoms with Crippen molar-refractivity contribution in [1.82, 2.24) is 9.88 Å². The number of hydrogen-bond acceptors (Lipinski definition) is 8. The van der Waals surface area contributed by atoms with Gasteiger partial charge in [0.2, 0.25) is 5.75 Å². The number of methoxy groups -OCH3 is 3. The van der Waals surface area contributed by atoms with Crippen LogP contribution in [0.1, 0.15) is 12.0 Å². The second kappa shape index (κ2) is 13.1. The molecular formula is C23H31N3O7. The second-order valence-electron chi connectivity index (χ2n) is 7.26. The standard InChI is InChI=1S/C21H29N3O3.C2H2O4/c1-25-18-15-17(16-19(26-2)21(18)27-3)7-6-10-23-11-13-24(14-12-23)20-8-4-5-9-22-20;3-1(4)2(5)6/h4-5,8-9,15-16H,6-7,10-14H2,1-3H3;(H,3,4)(H,5,6). The van der Waals surface area contributed by atoms with Crippen LogP contribution in [-0.4, -0.2) is 86.1 Å². The van der Waals surface area contributed by atoms with Crippen LogP contribution in [0.3, 0.4) is 0 Å². The minimum absolute atomic E-state index is 0.648. The Morgan fingerprint density at radius 2 is 1.55 bits per heavy atom. The van der Waals surface area contributed by atoms with E-state index in [2.05, 4.69) is 20.9 Å². The lowest BCUT2D eigenvalue weighted by atomic mass is 10.1. The van der Waals surface area contributed by atoms with E-state index in [-0.39, 0.29) is 0 Å². The van der Waals surface area contributed by atoms with Gasteiger partial charge in [0.25, 0.3) is 0 Å². The molecule has 10 nitrogen and oxygen atoms in total. The molecule has 0 aliphatic carbocycles. The molecule has 1 aliphatic heterocycles. The molecule has 1 fully saturated rings. The zero-order valence-corrected chi connectivity index (χ0v) is 19.2. The van der Waals surface area contributed by atoms with Crippen LogP contribution in [0.5, 0.6) is 17.2 Å².